The lowest BCUT2D eigenvalue weighted by Gasteiger charge is -2.24. The third-order valence-electron chi connectivity index (χ3n) is 3.25. The lowest BCUT2D eigenvalue weighted by atomic mass is 10.1. The summed E-state index contributed by atoms with van der Waals surface area (Å²) in [7, 11) is 1.34. The van der Waals surface area contributed by atoms with Gasteiger partial charge in [0.1, 0.15) is 12.4 Å². The first kappa shape index (κ1) is 13.4. The molecule has 0 saturated carbocycles. The molecule has 102 valence electrons. The molecule has 0 bridgehead atoms. The number of esters is 1. The number of ether oxygens (including phenoxy) is 2. The fraction of sp³-hybridized carbons (Fsp3) is 0.429. The number of hydrogen-bond acceptors (Lipinski definition) is 4. The van der Waals surface area contributed by atoms with Crippen molar-refractivity contribution >= 4 is 11.9 Å². The van der Waals surface area contributed by atoms with Crippen LogP contribution in [0, 0.1) is 0 Å². The molecule has 5 nitrogen and oxygen atoms in total. The van der Waals surface area contributed by atoms with E-state index >= 15 is 0 Å². The number of rotatable bonds is 1. The van der Waals surface area contributed by atoms with Crippen LogP contribution in [-0.4, -0.2) is 36.5 Å². The summed E-state index contributed by atoms with van der Waals surface area (Å²) in [6.45, 7) is 4.39. The number of methoxy groups -OCH3 is 1. The highest BCUT2D eigenvalue weighted by atomic mass is 16.5. The van der Waals surface area contributed by atoms with E-state index < -0.39 is 5.97 Å². The third-order valence-corrected chi connectivity index (χ3v) is 3.25. The Morgan fingerprint density at radius 2 is 2.16 bits per heavy atom. The van der Waals surface area contributed by atoms with Crippen molar-refractivity contribution in [2.45, 2.75) is 26.4 Å². The summed E-state index contributed by atoms with van der Waals surface area (Å²) in [5.74, 6) is 0.256. The third kappa shape index (κ3) is 2.70. The van der Waals surface area contributed by atoms with Gasteiger partial charge in [-0.25, -0.2) is 4.79 Å². The van der Waals surface area contributed by atoms with Crippen LogP contribution in [0.4, 0.5) is 0 Å². The van der Waals surface area contributed by atoms with Gasteiger partial charge in [0.05, 0.1) is 18.7 Å². The summed E-state index contributed by atoms with van der Waals surface area (Å²) in [4.78, 5) is 24.8. The highest BCUT2D eigenvalue weighted by Crippen LogP contribution is 2.26. The summed E-state index contributed by atoms with van der Waals surface area (Å²) in [6, 6.07) is 5.15. The van der Waals surface area contributed by atoms with Crippen LogP contribution in [0.2, 0.25) is 0 Å². The minimum Gasteiger partial charge on any atom is -0.491 e. The van der Waals surface area contributed by atoms with E-state index in [2.05, 4.69) is 4.74 Å². The molecule has 0 aromatic heterocycles. The van der Waals surface area contributed by atoms with Crippen LogP contribution >= 0.6 is 0 Å². The van der Waals surface area contributed by atoms with Crippen molar-refractivity contribution in [3.05, 3.63) is 29.3 Å². The van der Waals surface area contributed by atoms with E-state index in [1.807, 2.05) is 6.92 Å². The Bertz CT molecular complexity index is 512. The van der Waals surface area contributed by atoms with Gasteiger partial charge in [0.15, 0.2) is 0 Å². The second-order valence-corrected chi connectivity index (χ2v) is 4.62. The molecule has 0 unspecified atom stereocenters. The fourth-order valence-electron chi connectivity index (χ4n) is 2.13. The zero-order chi connectivity index (χ0) is 14.0. The van der Waals surface area contributed by atoms with Gasteiger partial charge < -0.3 is 14.4 Å². The smallest absolute Gasteiger partial charge is 0.337 e. The highest BCUT2D eigenvalue weighted by Gasteiger charge is 2.24. The van der Waals surface area contributed by atoms with Crippen molar-refractivity contribution in [2.24, 2.45) is 0 Å². The summed E-state index contributed by atoms with van der Waals surface area (Å²) in [6.07, 6.45) is 0. The van der Waals surface area contributed by atoms with Crippen LogP contribution in [-0.2, 0) is 16.1 Å². The summed E-state index contributed by atoms with van der Waals surface area (Å²) >= 11 is 0. The van der Waals surface area contributed by atoms with Gasteiger partial charge in [0, 0.05) is 19.0 Å². The van der Waals surface area contributed by atoms with Crippen molar-refractivity contribution in [2.75, 3.05) is 13.7 Å². The normalized spacial score (nSPS) is 18.1. The molecule has 0 spiro atoms. The molecule has 1 aromatic carbocycles. The Morgan fingerprint density at radius 3 is 2.79 bits per heavy atom. The Balaban J connectivity index is 2.33. The van der Waals surface area contributed by atoms with Crippen LogP contribution in [0.1, 0.15) is 29.8 Å². The van der Waals surface area contributed by atoms with Crippen LogP contribution < -0.4 is 4.74 Å². The molecule has 1 aromatic rings. The predicted octanol–water partition coefficient (Wildman–Crippen LogP) is 1.60. The van der Waals surface area contributed by atoms with Gasteiger partial charge in [0.2, 0.25) is 5.91 Å². The van der Waals surface area contributed by atoms with E-state index in [1.54, 1.807) is 30.0 Å². The molecule has 2 rings (SSSR count). The molecule has 1 aliphatic heterocycles. The van der Waals surface area contributed by atoms with E-state index in [0.29, 0.717) is 24.5 Å². The van der Waals surface area contributed by atoms with Crippen molar-refractivity contribution in [3.63, 3.8) is 0 Å². The number of hydrogen-bond donors (Lipinski definition) is 0. The molecular formula is C14H17NO4. The molecule has 1 amide bonds. The standard InChI is InChI=1S/C14H17NO4/c1-9-8-19-13-6-11(14(17)18-3)4-5-12(13)7-15(9)10(2)16/h4-6,9H,7-8H2,1-3H3/t9-/m0/s1. The van der Waals surface area contributed by atoms with Gasteiger partial charge in [-0.3, -0.25) is 4.79 Å². The number of carbonyl (C=O) groups is 2. The largest absolute Gasteiger partial charge is 0.491 e. The van der Waals surface area contributed by atoms with Gasteiger partial charge in [-0.1, -0.05) is 6.07 Å². The van der Waals surface area contributed by atoms with Crippen LogP contribution in [0.5, 0.6) is 5.75 Å². The van der Waals surface area contributed by atoms with E-state index in [1.165, 1.54) is 7.11 Å². The van der Waals surface area contributed by atoms with Crippen molar-refractivity contribution in [3.8, 4) is 5.75 Å². The number of carbonyl (C=O) groups excluding carboxylic acids is 2. The monoisotopic (exact) mass is 263 g/mol. The molecule has 1 aliphatic rings. The van der Waals surface area contributed by atoms with Crippen molar-refractivity contribution < 1.29 is 19.1 Å². The molecule has 0 aliphatic carbocycles. The van der Waals surface area contributed by atoms with Crippen LogP contribution in [0.25, 0.3) is 0 Å². The Hall–Kier alpha value is -2.04. The lowest BCUT2D eigenvalue weighted by molar-refractivity contribution is -0.131. The second-order valence-electron chi connectivity index (χ2n) is 4.62. The Labute approximate surface area is 112 Å². The van der Waals surface area contributed by atoms with E-state index in [0.717, 1.165) is 5.56 Å². The summed E-state index contributed by atoms with van der Waals surface area (Å²) < 4.78 is 10.4. The molecule has 1 heterocycles. The fourth-order valence-corrected chi connectivity index (χ4v) is 2.13. The molecule has 5 heteroatoms. The van der Waals surface area contributed by atoms with Gasteiger partial charge in [-0.2, -0.15) is 0 Å². The summed E-state index contributed by atoms with van der Waals surface area (Å²) in [5.41, 5.74) is 1.34. The molecule has 19 heavy (non-hydrogen) atoms. The number of fused-ring (bicyclic) bond motifs is 1. The molecule has 0 fully saturated rings. The van der Waals surface area contributed by atoms with E-state index in [9.17, 15) is 9.59 Å². The minimum absolute atomic E-state index is 0.00600. The SMILES string of the molecule is COC(=O)c1ccc2c(c1)OC[C@H](C)N(C(C)=O)C2. The number of nitrogens with zero attached hydrogens (tertiary/aromatic N) is 1. The van der Waals surface area contributed by atoms with E-state index in [4.69, 9.17) is 4.74 Å². The first-order valence-corrected chi connectivity index (χ1v) is 6.14. The highest BCUT2D eigenvalue weighted by molar-refractivity contribution is 5.90. The molecule has 0 N–H and O–H groups in total. The molecule has 1 atom stereocenters. The average molecular weight is 263 g/mol. The molecular weight excluding hydrogens is 246 g/mol. The first-order valence-electron chi connectivity index (χ1n) is 6.14. The minimum atomic E-state index is -0.396. The second kappa shape index (κ2) is 5.30. The van der Waals surface area contributed by atoms with Gasteiger partial charge in [-0.15, -0.1) is 0 Å². The van der Waals surface area contributed by atoms with Crippen LogP contribution in [0.15, 0.2) is 18.2 Å². The zero-order valence-electron chi connectivity index (χ0n) is 11.3. The lowest BCUT2D eigenvalue weighted by Crippen LogP contribution is -2.38. The summed E-state index contributed by atoms with van der Waals surface area (Å²) in [5, 5.41) is 0. The van der Waals surface area contributed by atoms with Crippen LogP contribution in [0.3, 0.4) is 0 Å². The zero-order valence-corrected chi connectivity index (χ0v) is 11.3. The Morgan fingerprint density at radius 1 is 1.42 bits per heavy atom. The topological polar surface area (TPSA) is 55.8 Å². The maximum atomic E-state index is 11.6. The quantitative estimate of drug-likeness (QED) is 0.722. The average Bonchev–Trinajstić information content (AvgIpc) is 2.57. The van der Waals surface area contributed by atoms with Crippen molar-refractivity contribution in [1.29, 1.82) is 0 Å². The van der Waals surface area contributed by atoms with Gasteiger partial charge >= 0.3 is 5.97 Å². The molecule has 0 radical (unpaired) electrons. The van der Waals surface area contributed by atoms with Gasteiger partial charge in [-0.05, 0) is 19.1 Å². The Kier molecular flexibility index (Phi) is 3.74. The first-order chi connectivity index (χ1) is 9.02. The van der Waals surface area contributed by atoms with Gasteiger partial charge in [0.25, 0.3) is 0 Å². The van der Waals surface area contributed by atoms with Crippen molar-refractivity contribution in [1.82, 2.24) is 4.90 Å². The predicted molar refractivity (Wildman–Crippen MR) is 69.0 cm³/mol. The number of amides is 1. The molecule has 0 saturated heterocycles. The number of benzene rings is 1. The maximum Gasteiger partial charge on any atom is 0.337 e. The van der Waals surface area contributed by atoms with E-state index in [-0.39, 0.29) is 11.9 Å². The maximum absolute atomic E-state index is 11.6.